The molecule has 0 saturated heterocycles. The van der Waals surface area contributed by atoms with E-state index in [0.29, 0.717) is 11.2 Å². The van der Waals surface area contributed by atoms with E-state index in [9.17, 15) is 14.4 Å². The summed E-state index contributed by atoms with van der Waals surface area (Å²) in [5, 5.41) is 0. The number of nitrogens with zero attached hydrogens (tertiary/aromatic N) is 1. The number of fused-ring (bicyclic) bond motifs is 1. The Morgan fingerprint density at radius 2 is 2.11 bits per heavy atom. The van der Waals surface area contributed by atoms with Crippen LogP contribution >= 0.6 is 0 Å². The van der Waals surface area contributed by atoms with Crippen molar-refractivity contribution < 1.29 is 18.7 Å². The van der Waals surface area contributed by atoms with E-state index >= 15 is 0 Å². The molecule has 0 unspecified atom stereocenters. The standard InChI is InChI=1S/C12H12N2O5/c1-18-11(16)5-4-10(15)14-8-3-2-7(13)6-9(8)19-12(14)17/h2-3,6H,4-5,13H2,1H3. The zero-order valence-corrected chi connectivity index (χ0v) is 10.2. The second-order valence-electron chi connectivity index (χ2n) is 3.90. The zero-order chi connectivity index (χ0) is 14.0. The van der Waals surface area contributed by atoms with Crippen LogP contribution in [0.15, 0.2) is 27.4 Å². The van der Waals surface area contributed by atoms with E-state index in [1.54, 1.807) is 6.07 Å². The van der Waals surface area contributed by atoms with E-state index in [4.69, 9.17) is 10.2 Å². The molecule has 7 nitrogen and oxygen atoms in total. The highest BCUT2D eigenvalue weighted by Gasteiger charge is 2.17. The lowest BCUT2D eigenvalue weighted by Crippen LogP contribution is -2.23. The summed E-state index contributed by atoms with van der Waals surface area (Å²) in [6, 6.07) is 4.54. The lowest BCUT2D eigenvalue weighted by Gasteiger charge is -2.00. The van der Waals surface area contributed by atoms with Crippen LogP contribution in [0.25, 0.3) is 11.1 Å². The van der Waals surface area contributed by atoms with E-state index in [1.807, 2.05) is 0 Å². The van der Waals surface area contributed by atoms with E-state index in [1.165, 1.54) is 19.2 Å². The number of nitrogen functional groups attached to an aromatic ring is 1. The van der Waals surface area contributed by atoms with Crippen molar-refractivity contribution in [2.75, 3.05) is 12.8 Å². The van der Waals surface area contributed by atoms with Gasteiger partial charge in [-0.1, -0.05) is 0 Å². The number of carbonyl (C=O) groups is 2. The topological polar surface area (TPSA) is 105 Å². The minimum atomic E-state index is -0.796. The molecule has 0 spiro atoms. The average Bonchev–Trinajstić information content (AvgIpc) is 2.70. The first-order valence-electron chi connectivity index (χ1n) is 5.54. The van der Waals surface area contributed by atoms with Crippen LogP contribution < -0.4 is 11.5 Å². The van der Waals surface area contributed by atoms with Gasteiger partial charge in [-0.05, 0) is 12.1 Å². The highest BCUT2D eigenvalue weighted by Crippen LogP contribution is 2.16. The summed E-state index contributed by atoms with van der Waals surface area (Å²) in [5.74, 6) is -1.84. The van der Waals surface area contributed by atoms with Crippen LogP contribution in [-0.4, -0.2) is 23.6 Å². The molecule has 7 heteroatoms. The minimum Gasteiger partial charge on any atom is -0.469 e. The van der Waals surface area contributed by atoms with Gasteiger partial charge in [-0.2, -0.15) is 0 Å². The van der Waals surface area contributed by atoms with Crippen molar-refractivity contribution in [3.05, 3.63) is 28.7 Å². The highest BCUT2D eigenvalue weighted by atomic mass is 16.5. The molecule has 0 amide bonds. The molecule has 100 valence electrons. The van der Waals surface area contributed by atoms with Gasteiger partial charge < -0.3 is 14.9 Å². The number of oxazole rings is 1. The largest absolute Gasteiger partial charge is 0.469 e. The van der Waals surface area contributed by atoms with Gasteiger partial charge in [0.05, 0.1) is 19.0 Å². The van der Waals surface area contributed by atoms with Gasteiger partial charge in [-0.3, -0.25) is 9.59 Å². The minimum absolute atomic E-state index is 0.0938. The van der Waals surface area contributed by atoms with Crippen molar-refractivity contribution in [2.45, 2.75) is 12.8 Å². The predicted octanol–water partition coefficient (Wildman–Crippen LogP) is 0.770. The summed E-state index contributed by atoms with van der Waals surface area (Å²) in [6.45, 7) is 0. The Bertz CT molecular complexity index is 698. The van der Waals surface area contributed by atoms with Gasteiger partial charge >= 0.3 is 11.7 Å². The molecule has 0 fully saturated rings. The summed E-state index contributed by atoms with van der Waals surface area (Å²) in [7, 11) is 1.23. The molecule has 1 heterocycles. The highest BCUT2D eigenvalue weighted by molar-refractivity contribution is 5.91. The van der Waals surface area contributed by atoms with Crippen LogP contribution in [0.1, 0.15) is 17.6 Å². The van der Waals surface area contributed by atoms with Crippen molar-refractivity contribution in [2.24, 2.45) is 0 Å². The Kier molecular flexibility index (Phi) is 3.37. The van der Waals surface area contributed by atoms with Gasteiger partial charge in [0.1, 0.15) is 0 Å². The van der Waals surface area contributed by atoms with Crippen LogP contribution in [0.4, 0.5) is 5.69 Å². The van der Waals surface area contributed by atoms with Crippen LogP contribution in [0, 0.1) is 0 Å². The first-order chi connectivity index (χ1) is 9.02. The third-order valence-electron chi connectivity index (χ3n) is 2.62. The Morgan fingerprint density at radius 3 is 2.79 bits per heavy atom. The molecular weight excluding hydrogens is 252 g/mol. The van der Waals surface area contributed by atoms with Crippen molar-refractivity contribution in [3.63, 3.8) is 0 Å². The molecule has 0 aliphatic rings. The molecule has 1 aromatic carbocycles. The van der Waals surface area contributed by atoms with Crippen LogP contribution in [0.3, 0.4) is 0 Å². The summed E-state index contributed by atoms with van der Waals surface area (Å²) in [4.78, 5) is 34.5. The molecule has 0 atom stereocenters. The van der Waals surface area contributed by atoms with Gasteiger partial charge in [0.25, 0.3) is 0 Å². The number of carbonyl (C=O) groups excluding carboxylic acids is 2. The number of methoxy groups -OCH3 is 1. The van der Waals surface area contributed by atoms with Gasteiger partial charge in [-0.25, -0.2) is 9.36 Å². The van der Waals surface area contributed by atoms with Crippen molar-refractivity contribution >= 4 is 28.7 Å². The number of esters is 1. The fourth-order valence-corrected chi connectivity index (χ4v) is 1.69. The molecule has 0 aliphatic heterocycles. The molecule has 0 saturated carbocycles. The average molecular weight is 264 g/mol. The van der Waals surface area contributed by atoms with Gasteiger partial charge in [0, 0.05) is 18.2 Å². The number of rotatable bonds is 3. The molecule has 19 heavy (non-hydrogen) atoms. The third-order valence-corrected chi connectivity index (χ3v) is 2.62. The molecule has 0 radical (unpaired) electrons. The lowest BCUT2D eigenvalue weighted by molar-refractivity contribution is -0.140. The van der Waals surface area contributed by atoms with Crippen LogP contribution in [0.5, 0.6) is 0 Å². The van der Waals surface area contributed by atoms with Crippen molar-refractivity contribution in [1.82, 2.24) is 4.57 Å². The molecular formula is C12H12N2O5. The summed E-state index contributed by atoms with van der Waals surface area (Å²) in [6.07, 6.45) is -0.227. The second kappa shape index (κ2) is 4.97. The molecule has 2 aromatic rings. The maximum Gasteiger partial charge on any atom is 0.426 e. The molecule has 2 rings (SSSR count). The smallest absolute Gasteiger partial charge is 0.426 e. The van der Waals surface area contributed by atoms with Gasteiger partial charge in [-0.15, -0.1) is 0 Å². The maximum absolute atomic E-state index is 11.9. The fraction of sp³-hybridized carbons (Fsp3) is 0.250. The summed E-state index contributed by atoms with van der Waals surface area (Å²) in [5.41, 5.74) is 6.55. The number of benzene rings is 1. The number of ether oxygens (including phenoxy) is 1. The molecule has 0 aliphatic carbocycles. The predicted molar refractivity (Wildman–Crippen MR) is 66.8 cm³/mol. The van der Waals surface area contributed by atoms with E-state index in [-0.39, 0.29) is 18.4 Å². The van der Waals surface area contributed by atoms with E-state index in [0.717, 1.165) is 4.57 Å². The number of aromatic nitrogens is 1. The number of nitrogens with two attached hydrogens (primary N) is 1. The van der Waals surface area contributed by atoms with Crippen LogP contribution in [0.2, 0.25) is 0 Å². The Hall–Kier alpha value is -2.57. The third kappa shape index (κ3) is 2.49. The molecule has 0 bridgehead atoms. The second-order valence-corrected chi connectivity index (χ2v) is 3.90. The summed E-state index contributed by atoms with van der Waals surface area (Å²) >= 11 is 0. The van der Waals surface area contributed by atoms with Gasteiger partial charge in [0.2, 0.25) is 5.91 Å². The summed E-state index contributed by atoms with van der Waals surface area (Å²) < 4.78 is 10.2. The van der Waals surface area contributed by atoms with Gasteiger partial charge in [0.15, 0.2) is 5.58 Å². The molecule has 1 aromatic heterocycles. The fourth-order valence-electron chi connectivity index (χ4n) is 1.69. The van der Waals surface area contributed by atoms with Crippen molar-refractivity contribution in [3.8, 4) is 0 Å². The quantitative estimate of drug-likeness (QED) is 0.648. The Morgan fingerprint density at radius 1 is 1.37 bits per heavy atom. The SMILES string of the molecule is COC(=O)CCC(=O)n1c(=O)oc2cc(N)ccc21. The first-order valence-corrected chi connectivity index (χ1v) is 5.54. The maximum atomic E-state index is 11.9. The molecule has 2 N–H and O–H groups in total. The zero-order valence-electron chi connectivity index (χ0n) is 10.2. The van der Waals surface area contributed by atoms with Crippen LogP contribution in [-0.2, 0) is 9.53 Å². The van der Waals surface area contributed by atoms with E-state index < -0.39 is 17.6 Å². The number of hydrogen-bond acceptors (Lipinski definition) is 6. The van der Waals surface area contributed by atoms with E-state index in [2.05, 4.69) is 4.74 Å². The van der Waals surface area contributed by atoms with Crippen molar-refractivity contribution in [1.29, 1.82) is 0 Å². The lowest BCUT2D eigenvalue weighted by atomic mass is 10.2. The number of anilines is 1. The Labute approximate surface area is 107 Å². The Balaban J connectivity index is 2.34. The monoisotopic (exact) mass is 264 g/mol. The number of hydrogen-bond donors (Lipinski definition) is 1. The normalized spacial score (nSPS) is 10.6. The first kappa shape index (κ1) is 12.9.